The average molecular weight is 550 g/mol. The number of fused-ring (bicyclic) bond motifs is 1. The van der Waals surface area contributed by atoms with Crippen molar-refractivity contribution in [1.82, 2.24) is 19.8 Å². The molecule has 2 aromatic carbocycles. The summed E-state index contributed by atoms with van der Waals surface area (Å²) in [5.74, 6) is 1.44. The van der Waals surface area contributed by atoms with Gasteiger partial charge < -0.3 is 19.8 Å². The Bertz CT molecular complexity index is 1560. The van der Waals surface area contributed by atoms with E-state index in [1.165, 1.54) is 28.0 Å². The van der Waals surface area contributed by atoms with Gasteiger partial charge in [0.05, 0.1) is 36.9 Å². The molecule has 1 N–H and O–H groups in total. The Labute approximate surface area is 240 Å². The van der Waals surface area contributed by atoms with Crippen LogP contribution in [0.5, 0.6) is 0 Å². The van der Waals surface area contributed by atoms with Gasteiger partial charge in [-0.05, 0) is 47.2 Å². The van der Waals surface area contributed by atoms with Crippen molar-refractivity contribution in [2.24, 2.45) is 0 Å². The molecule has 0 spiro atoms. The Morgan fingerprint density at radius 1 is 1.12 bits per heavy atom. The first-order chi connectivity index (χ1) is 20.1. The van der Waals surface area contributed by atoms with Crippen LogP contribution in [0.3, 0.4) is 0 Å². The molecule has 2 unspecified atom stereocenters. The zero-order valence-corrected chi connectivity index (χ0v) is 23.2. The lowest BCUT2D eigenvalue weighted by Crippen LogP contribution is -2.55. The first kappa shape index (κ1) is 25.9. The topological polar surface area (TPSA) is 99.8 Å². The summed E-state index contributed by atoms with van der Waals surface area (Å²) in [5.41, 5.74) is 4.96. The second-order valence-corrected chi connectivity index (χ2v) is 11.6. The summed E-state index contributed by atoms with van der Waals surface area (Å²) < 4.78 is 0. The molecule has 0 bridgehead atoms. The first-order valence-electron chi connectivity index (χ1n) is 14.7. The Balaban J connectivity index is 1.25. The number of nitrogens with zero attached hydrogens (tertiary/aromatic N) is 7. The SMILES string of the molecule is C=CC(=O)N1CCN(c2nc(N3CCCC3CO)nc3c2CN(C2Cc4cccc5cccc2c45)C3)C[C@@H]1CC#N. The lowest BCUT2D eigenvalue weighted by molar-refractivity contribution is -0.128. The Hall–Kier alpha value is -4.00. The van der Waals surface area contributed by atoms with Gasteiger partial charge in [0, 0.05) is 50.9 Å². The number of anilines is 2. The maximum atomic E-state index is 12.6. The molecule has 3 aromatic rings. The highest BCUT2D eigenvalue weighted by Gasteiger charge is 2.39. The third-order valence-corrected chi connectivity index (χ3v) is 9.42. The summed E-state index contributed by atoms with van der Waals surface area (Å²) in [6.45, 7) is 7.73. The molecule has 4 heterocycles. The molecule has 1 amide bonds. The fourth-order valence-electron chi connectivity index (χ4n) is 7.42. The fourth-order valence-corrected chi connectivity index (χ4v) is 7.42. The second-order valence-electron chi connectivity index (χ2n) is 11.6. The molecular weight excluding hydrogens is 514 g/mol. The standard InChI is InChI=1S/C32H35N7O2/c1-2-29(41)38-15-14-36(17-23(38)11-12-33)31-26-18-37(19-27(26)34-32(35-31)39-13-5-9-24(39)20-40)28-16-22-8-3-6-21-7-4-10-25(28)30(21)22/h2-4,6-8,10,23-24,28,40H,1,5,9,11,13-20H2/t23-,24?,28?/m0/s1. The van der Waals surface area contributed by atoms with E-state index in [2.05, 4.69) is 63.7 Å². The van der Waals surface area contributed by atoms with Crippen molar-refractivity contribution >= 4 is 28.4 Å². The highest BCUT2D eigenvalue weighted by atomic mass is 16.3. The van der Waals surface area contributed by atoms with E-state index in [0.29, 0.717) is 25.6 Å². The van der Waals surface area contributed by atoms with E-state index in [1.807, 2.05) is 0 Å². The summed E-state index contributed by atoms with van der Waals surface area (Å²) in [5, 5.41) is 22.3. The number of piperazine rings is 1. The summed E-state index contributed by atoms with van der Waals surface area (Å²) in [6.07, 6.45) is 4.50. The van der Waals surface area contributed by atoms with Gasteiger partial charge >= 0.3 is 0 Å². The van der Waals surface area contributed by atoms with Crippen LogP contribution in [0.1, 0.15) is 47.7 Å². The maximum absolute atomic E-state index is 12.6. The van der Waals surface area contributed by atoms with E-state index < -0.39 is 0 Å². The number of hydrogen-bond donors (Lipinski definition) is 1. The van der Waals surface area contributed by atoms with E-state index in [9.17, 15) is 15.2 Å². The summed E-state index contributed by atoms with van der Waals surface area (Å²) in [7, 11) is 0. The zero-order chi connectivity index (χ0) is 28.1. The highest BCUT2D eigenvalue weighted by Crippen LogP contribution is 2.44. The van der Waals surface area contributed by atoms with Crippen molar-refractivity contribution in [2.45, 2.75) is 56.9 Å². The first-order valence-corrected chi connectivity index (χ1v) is 14.7. The van der Waals surface area contributed by atoms with Crippen LogP contribution >= 0.6 is 0 Å². The van der Waals surface area contributed by atoms with Crippen molar-refractivity contribution in [3.8, 4) is 6.07 Å². The lowest BCUT2D eigenvalue weighted by atomic mass is 10.0. The molecule has 4 aliphatic rings. The summed E-state index contributed by atoms with van der Waals surface area (Å²) in [4.78, 5) is 31.5. The Morgan fingerprint density at radius 3 is 2.78 bits per heavy atom. The van der Waals surface area contributed by atoms with Gasteiger partial charge in [0.25, 0.3) is 0 Å². The van der Waals surface area contributed by atoms with Gasteiger partial charge in [-0.1, -0.05) is 43.0 Å². The van der Waals surface area contributed by atoms with E-state index in [4.69, 9.17) is 9.97 Å². The molecule has 210 valence electrons. The van der Waals surface area contributed by atoms with Crippen molar-refractivity contribution in [2.75, 3.05) is 42.6 Å². The molecule has 0 saturated carbocycles. The van der Waals surface area contributed by atoms with Gasteiger partial charge in [-0.2, -0.15) is 10.2 Å². The van der Waals surface area contributed by atoms with Crippen molar-refractivity contribution in [3.05, 3.63) is 71.4 Å². The van der Waals surface area contributed by atoms with Crippen LogP contribution in [0.2, 0.25) is 0 Å². The third-order valence-electron chi connectivity index (χ3n) is 9.42. The number of hydrogen-bond acceptors (Lipinski definition) is 8. The summed E-state index contributed by atoms with van der Waals surface area (Å²) in [6, 6.07) is 15.6. The van der Waals surface area contributed by atoms with Crippen molar-refractivity contribution < 1.29 is 9.90 Å². The number of rotatable bonds is 6. The Kier molecular flexibility index (Phi) is 6.60. The minimum absolute atomic E-state index is 0.0220. The monoisotopic (exact) mass is 549 g/mol. The number of nitriles is 1. The van der Waals surface area contributed by atoms with Crippen LogP contribution in [0.15, 0.2) is 49.1 Å². The number of aromatic nitrogens is 2. The van der Waals surface area contributed by atoms with Crippen LogP contribution in [-0.4, -0.2) is 75.7 Å². The highest BCUT2D eigenvalue weighted by molar-refractivity contribution is 5.91. The minimum Gasteiger partial charge on any atom is -0.394 e. The predicted molar refractivity (Wildman–Crippen MR) is 157 cm³/mol. The fraction of sp³-hybridized carbons (Fsp3) is 0.438. The minimum atomic E-state index is -0.232. The maximum Gasteiger partial charge on any atom is 0.246 e. The second kappa shape index (κ2) is 10.4. The van der Waals surface area contributed by atoms with Crippen LogP contribution in [0, 0.1) is 11.3 Å². The third kappa shape index (κ3) is 4.33. The number of carbonyl (C=O) groups is 1. The molecule has 3 aliphatic heterocycles. The van der Waals surface area contributed by atoms with Gasteiger partial charge in [0.15, 0.2) is 0 Å². The van der Waals surface area contributed by atoms with E-state index >= 15 is 0 Å². The van der Waals surface area contributed by atoms with Crippen molar-refractivity contribution in [1.29, 1.82) is 5.26 Å². The molecule has 2 saturated heterocycles. The van der Waals surface area contributed by atoms with Crippen LogP contribution in [-0.2, 0) is 24.3 Å². The van der Waals surface area contributed by atoms with Gasteiger partial charge in [0.1, 0.15) is 5.82 Å². The smallest absolute Gasteiger partial charge is 0.246 e. The molecule has 41 heavy (non-hydrogen) atoms. The van der Waals surface area contributed by atoms with Crippen LogP contribution in [0.4, 0.5) is 11.8 Å². The molecule has 7 rings (SSSR count). The van der Waals surface area contributed by atoms with Gasteiger partial charge in [-0.3, -0.25) is 9.69 Å². The number of benzene rings is 2. The average Bonchev–Trinajstić information content (AvgIpc) is 3.74. The Morgan fingerprint density at radius 2 is 1.98 bits per heavy atom. The number of aliphatic hydroxyl groups excluding tert-OH is 1. The number of carbonyl (C=O) groups excluding carboxylic acids is 1. The van der Waals surface area contributed by atoms with E-state index in [1.54, 1.807) is 4.90 Å². The van der Waals surface area contributed by atoms with Crippen LogP contribution in [0.25, 0.3) is 10.8 Å². The lowest BCUT2D eigenvalue weighted by Gasteiger charge is -2.41. The van der Waals surface area contributed by atoms with Gasteiger partial charge in [-0.15, -0.1) is 0 Å². The number of amides is 1. The van der Waals surface area contributed by atoms with E-state index in [-0.39, 0.29) is 37.1 Å². The normalized spacial score (nSPS) is 23.7. The molecular formula is C32H35N7O2. The number of aliphatic hydroxyl groups is 1. The van der Waals surface area contributed by atoms with Gasteiger partial charge in [-0.25, -0.2) is 4.98 Å². The van der Waals surface area contributed by atoms with Crippen LogP contribution < -0.4 is 9.80 Å². The molecule has 3 atom stereocenters. The van der Waals surface area contributed by atoms with E-state index in [0.717, 1.165) is 56.0 Å². The zero-order valence-electron chi connectivity index (χ0n) is 23.2. The summed E-state index contributed by atoms with van der Waals surface area (Å²) >= 11 is 0. The van der Waals surface area contributed by atoms with Gasteiger partial charge in [0.2, 0.25) is 11.9 Å². The molecule has 9 heteroatoms. The predicted octanol–water partition coefficient (Wildman–Crippen LogP) is 3.32. The molecule has 0 radical (unpaired) electrons. The molecule has 1 aliphatic carbocycles. The molecule has 9 nitrogen and oxygen atoms in total. The quantitative estimate of drug-likeness (QED) is 0.468. The largest absolute Gasteiger partial charge is 0.394 e. The van der Waals surface area contributed by atoms with Crippen molar-refractivity contribution in [3.63, 3.8) is 0 Å². The molecule has 2 fully saturated rings. The molecule has 1 aromatic heterocycles.